The van der Waals surface area contributed by atoms with E-state index in [4.69, 9.17) is 4.74 Å². The Hall–Kier alpha value is -1.55. The van der Waals surface area contributed by atoms with Gasteiger partial charge in [0.15, 0.2) is 6.10 Å². The summed E-state index contributed by atoms with van der Waals surface area (Å²) in [6.07, 6.45) is -0.471. The molecule has 0 bridgehead atoms. The van der Waals surface area contributed by atoms with E-state index < -0.39 is 6.10 Å². The van der Waals surface area contributed by atoms with Crippen LogP contribution in [0.15, 0.2) is 30.3 Å². The molecule has 1 aromatic rings. The quantitative estimate of drug-likeness (QED) is 0.747. The molecule has 1 rings (SSSR count). The first-order valence-corrected chi connectivity index (χ1v) is 6.77. The minimum absolute atomic E-state index is 0.0653. The Balaban J connectivity index is 2.33. The van der Waals surface area contributed by atoms with Crippen LogP contribution in [0.5, 0.6) is 5.75 Å². The molecule has 0 saturated heterocycles. The Kier molecular flexibility index (Phi) is 6.36. The van der Waals surface area contributed by atoms with Crippen LogP contribution in [0.4, 0.5) is 0 Å². The van der Waals surface area contributed by atoms with Gasteiger partial charge in [-0.15, -0.1) is 0 Å². The Morgan fingerprint density at radius 1 is 1.26 bits per heavy atom. The first kappa shape index (κ1) is 15.5. The van der Waals surface area contributed by atoms with Crippen LogP contribution in [-0.2, 0) is 4.79 Å². The lowest BCUT2D eigenvalue weighted by molar-refractivity contribution is -0.861. The van der Waals surface area contributed by atoms with Gasteiger partial charge in [-0.3, -0.25) is 4.79 Å². The second kappa shape index (κ2) is 7.79. The van der Waals surface area contributed by atoms with Crippen molar-refractivity contribution in [2.45, 2.75) is 20.0 Å². The minimum Gasteiger partial charge on any atom is -0.481 e. The molecule has 0 radical (unpaired) electrons. The number of para-hydroxylation sites is 1. The van der Waals surface area contributed by atoms with E-state index in [1.165, 1.54) is 4.90 Å². The van der Waals surface area contributed by atoms with Crippen molar-refractivity contribution in [2.75, 3.05) is 27.2 Å². The van der Waals surface area contributed by atoms with Crippen molar-refractivity contribution in [1.29, 1.82) is 0 Å². The molecule has 1 aromatic carbocycles. The van der Waals surface area contributed by atoms with Crippen molar-refractivity contribution in [3.8, 4) is 5.75 Å². The van der Waals surface area contributed by atoms with Crippen LogP contribution < -0.4 is 15.0 Å². The Labute approximate surface area is 115 Å². The fraction of sp³-hybridized carbons (Fsp3) is 0.533. The van der Waals surface area contributed by atoms with Crippen molar-refractivity contribution in [1.82, 2.24) is 5.32 Å². The maximum absolute atomic E-state index is 11.9. The molecule has 106 valence electrons. The molecule has 19 heavy (non-hydrogen) atoms. The smallest absolute Gasteiger partial charge is 0.260 e. The van der Waals surface area contributed by atoms with Gasteiger partial charge in [0.05, 0.1) is 20.6 Å². The Bertz CT molecular complexity index is 379. The largest absolute Gasteiger partial charge is 0.481 e. The third kappa shape index (κ3) is 6.25. The van der Waals surface area contributed by atoms with Crippen LogP contribution in [0, 0.1) is 5.92 Å². The lowest BCUT2D eigenvalue weighted by atomic mass is 10.1. The molecule has 1 amide bonds. The normalized spacial score (nSPS) is 13.9. The molecule has 0 aliphatic rings. The fourth-order valence-corrected chi connectivity index (χ4v) is 1.94. The number of carbonyl (C=O) groups is 1. The second-order valence-electron chi connectivity index (χ2n) is 5.33. The average molecular weight is 265 g/mol. The first-order valence-electron chi connectivity index (χ1n) is 6.77. The van der Waals surface area contributed by atoms with E-state index in [1.54, 1.807) is 6.92 Å². The summed E-state index contributed by atoms with van der Waals surface area (Å²) in [7, 11) is 4.22. The maximum Gasteiger partial charge on any atom is 0.260 e. The molecular weight excluding hydrogens is 240 g/mol. The highest BCUT2D eigenvalue weighted by Crippen LogP contribution is 2.10. The van der Waals surface area contributed by atoms with Gasteiger partial charge in [-0.05, 0) is 19.1 Å². The van der Waals surface area contributed by atoms with E-state index >= 15 is 0 Å². The lowest BCUT2D eigenvalue weighted by Crippen LogP contribution is -3.06. The molecule has 0 heterocycles. The Morgan fingerprint density at radius 3 is 2.47 bits per heavy atom. The summed E-state index contributed by atoms with van der Waals surface area (Å²) in [4.78, 5) is 13.3. The van der Waals surface area contributed by atoms with E-state index in [0.29, 0.717) is 12.5 Å². The summed E-state index contributed by atoms with van der Waals surface area (Å²) in [5.74, 6) is 1.11. The predicted molar refractivity (Wildman–Crippen MR) is 76.4 cm³/mol. The van der Waals surface area contributed by atoms with Crippen molar-refractivity contribution in [2.24, 2.45) is 5.92 Å². The van der Waals surface area contributed by atoms with Crippen LogP contribution in [0.3, 0.4) is 0 Å². The highest BCUT2D eigenvalue weighted by atomic mass is 16.5. The zero-order valence-corrected chi connectivity index (χ0v) is 12.3. The van der Waals surface area contributed by atoms with Gasteiger partial charge >= 0.3 is 0 Å². The number of hydrogen-bond donors (Lipinski definition) is 2. The van der Waals surface area contributed by atoms with E-state index in [-0.39, 0.29) is 5.91 Å². The van der Waals surface area contributed by atoms with Gasteiger partial charge in [0, 0.05) is 12.5 Å². The van der Waals surface area contributed by atoms with E-state index in [0.717, 1.165) is 12.3 Å². The minimum atomic E-state index is -0.471. The van der Waals surface area contributed by atoms with Crippen LogP contribution in [-0.4, -0.2) is 39.2 Å². The van der Waals surface area contributed by atoms with Crippen molar-refractivity contribution >= 4 is 5.91 Å². The summed E-state index contributed by atoms with van der Waals surface area (Å²) in [6.45, 7) is 5.63. The number of ether oxygens (including phenoxy) is 1. The molecule has 0 aliphatic carbocycles. The monoisotopic (exact) mass is 265 g/mol. The molecule has 0 saturated carbocycles. The van der Waals surface area contributed by atoms with Crippen LogP contribution in [0.1, 0.15) is 13.8 Å². The summed E-state index contributed by atoms with van der Waals surface area (Å²) in [5.41, 5.74) is 0. The van der Waals surface area contributed by atoms with Gasteiger partial charge in [-0.2, -0.15) is 0 Å². The van der Waals surface area contributed by atoms with Gasteiger partial charge in [0.25, 0.3) is 5.91 Å². The SMILES string of the molecule is C[C@H](CNC(=O)[C@H](C)Oc1ccccc1)C[NH+](C)C. The highest BCUT2D eigenvalue weighted by Gasteiger charge is 2.15. The number of benzene rings is 1. The summed E-state index contributed by atoms with van der Waals surface area (Å²) in [5, 5.41) is 2.93. The number of rotatable bonds is 7. The number of amides is 1. The average Bonchev–Trinajstić information content (AvgIpc) is 2.36. The molecule has 2 N–H and O–H groups in total. The topological polar surface area (TPSA) is 42.8 Å². The molecule has 2 atom stereocenters. The molecule has 0 unspecified atom stereocenters. The third-order valence-corrected chi connectivity index (χ3v) is 2.81. The molecular formula is C15H25N2O2+. The molecule has 4 heteroatoms. The van der Waals surface area contributed by atoms with Gasteiger partial charge in [0.1, 0.15) is 5.75 Å². The van der Waals surface area contributed by atoms with E-state index in [2.05, 4.69) is 26.3 Å². The van der Waals surface area contributed by atoms with Crippen LogP contribution in [0.25, 0.3) is 0 Å². The lowest BCUT2D eigenvalue weighted by Gasteiger charge is -2.18. The fourth-order valence-electron chi connectivity index (χ4n) is 1.94. The zero-order valence-electron chi connectivity index (χ0n) is 12.3. The van der Waals surface area contributed by atoms with Crippen molar-refractivity contribution in [3.05, 3.63) is 30.3 Å². The van der Waals surface area contributed by atoms with Gasteiger partial charge in [0.2, 0.25) is 0 Å². The third-order valence-electron chi connectivity index (χ3n) is 2.81. The van der Waals surface area contributed by atoms with Crippen LogP contribution in [0.2, 0.25) is 0 Å². The Morgan fingerprint density at radius 2 is 1.89 bits per heavy atom. The van der Waals surface area contributed by atoms with E-state index in [1.807, 2.05) is 30.3 Å². The molecule has 0 spiro atoms. The summed E-state index contributed by atoms with van der Waals surface area (Å²) in [6, 6.07) is 9.40. The van der Waals surface area contributed by atoms with Gasteiger partial charge < -0.3 is 15.0 Å². The molecule has 0 aliphatic heterocycles. The summed E-state index contributed by atoms with van der Waals surface area (Å²) >= 11 is 0. The zero-order chi connectivity index (χ0) is 14.3. The number of quaternary nitrogens is 1. The van der Waals surface area contributed by atoms with Crippen LogP contribution >= 0.6 is 0 Å². The van der Waals surface area contributed by atoms with Gasteiger partial charge in [-0.1, -0.05) is 25.1 Å². The number of carbonyl (C=O) groups excluding carboxylic acids is 1. The van der Waals surface area contributed by atoms with Gasteiger partial charge in [-0.25, -0.2) is 0 Å². The second-order valence-corrected chi connectivity index (χ2v) is 5.33. The highest BCUT2D eigenvalue weighted by molar-refractivity contribution is 5.80. The number of nitrogens with one attached hydrogen (secondary N) is 2. The molecule has 0 aromatic heterocycles. The van der Waals surface area contributed by atoms with Crippen molar-refractivity contribution < 1.29 is 14.4 Å². The van der Waals surface area contributed by atoms with E-state index in [9.17, 15) is 4.79 Å². The summed E-state index contributed by atoms with van der Waals surface area (Å²) < 4.78 is 5.57. The molecule has 0 fully saturated rings. The van der Waals surface area contributed by atoms with Crippen molar-refractivity contribution in [3.63, 3.8) is 0 Å². The number of hydrogen-bond acceptors (Lipinski definition) is 2. The standard InChI is InChI=1S/C15H24N2O2/c1-12(11-17(3)4)10-16-15(18)13(2)19-14-8-6-5-7-9-14/h5-9,12-13H,10-11H2,1-4H3,(H,16,18)/p+1/t12-,13+/m1/s1. The molecule has 4 nitrogen and oxygen atoms in total. The maximum atomic E-state index is 11.9. The predicted octanol–water partition coefficient (Wildman–Crippen LogP) is 0.351. The first-order chi connectivity index (χ1) is 8.99.